The van der Waals surface area contributed by atoms with E-state index in [1.807, 2.05) is 49.6 Å². The van der Waals surface area contributed by atoms with Gasteiger partial charge in [-0.2, -0.15) is 0 Å². The number of ether oxygens (including phenoxy) is 1. The first-order chi connectivity index (χ1) is 16.3. The molecule has 0 saturated heterocycles. The van der Waals surface area contributed by atoms with Crippen LogP contribution in [0.2, 0.25) is 0 Å². The Bertz CT molecular complexity index is 1160. The molecule has 34 heavy (non-hydrogen) atoms. The Kier molecular flexibility index (Phi) is 9.54. The average Bonchev–Trinajstić information content (AvgIpc) is 3.31. The van der Waals surface area contributed by atoms with E-state index >= 15 is 0 Å². The Morgan fingerprint density at radius 3 is 2.76 bits per heavy atom. The minimum atomic E-state index is -3.64. The molecule has 0 radical (unpaired) electrons. The van der Waals surface area contributed by atoms with Crippen LogP contribution >= 0.6 is 18.9 Å². The summed E-state index contributed by atoms with van der Waals surface area (Å²) in [5, 5.41) is 5.26. The number of aromatic nitrogens is 1. The number of nitrogens with one attached hydrogen (secondary N) is 1. The van der Waals surface area contributed by atoms with Crippen molar-refractivity contribution in [3.63, 3.8) is 0 Å². The summed E-state index contributed by atoms with van der Waals surface area (Å²) in [6.07, 6.45) is 3.01. The second-order valence-electron chi connectivity index (χ2n) is 8.21. The number of hydrogen-bond acceptors (Lipinski definition) is 6. The first-order valence-electron chi connectivity index (χ1n) is 11.5. The fourth-order valence-corrected chi connectivity index (χ4v) is 5.31. The molecule has 3 aromatic rings. The summed E-state index contributed by atoms with van der Waals surface area (Å²) < 4.78 is 24.8. The lowest BCUT2D eigenvalue weighted by molar-refractivity contribution is 0.186. The first-order valence-corrected chi connectivity index (χ1v) is 14.1. The van der Waals surface area contributed by atoms with E-state index in [0.717, 1.165) is 23.2 Å². The van der Waals surface area contributed by atoms with Crippen LogP contribution in [0.5, 0.6) is 5.75 Å². The van der Waals surface area contributed by atoms with Gasteiger partial charge in [-0.3, -0.25) is 9.36 Å². The van der Waals surface area contributed by atoms with Gasteiger partial charge in [-0.1, -0.05) is 25.1 Å². The summed E-state index contributed by atoms with van der Waals surface area (Å²) in [7, 11) is -3.64. The second kappa shape index (κ2) is 12.4. The number of nitrogens with zero attached hydrogens (tertiary/aromatic N) is 1. The van der Waals surface area contributed by atoms with E-state index in [4.69, 9.17) is 9.26 Å². The Balaban J connectivity index is 1.57. The molecule has 9 heteroatoms. The van der Waals surface area contributed by atoms with E-state index in [-0.39, 0.29) is 17.8 Å². The molecule has 3 rings (SSSR count). The maximum atomic E-state index is 12.6. The number of thiophene rings is 1. The van der Waals surface area contributed by atoms with Gasteiger partial charge in [-0.25, -0.2) is 0 Å². The fourth-order valence-electron chi connectivity index (χ4n) is 3.40. The highest BCUT2D eigenvalue weighted by atomic mass is 32.1. The van der Waals surface area contributed by atoms with Gasteiger partial charge in [0, 0.05) is 35.8 Å². The molecule has 2 unspecified atom stereocenters. The molecule has 0 aliphatic carbocycles. The van der Waals surface area contributed by atoms with Crippen LogP contribution in [-0.2, 0) is 22.1 Å². The van der Waals surface area contributed by atoms with Gasteiger partial charge >= 0.3 is 7.60 Å². The third-order valence-electron chi connectivity index (χ3n) is 5.58. The van der Waals surface area contributed by atoms with Crippen molar-refractivity contribution in [1.82, 2.24) is 4.57 Å². The zero-order valence-corrected chi connectivity index (χ0v) is 21.6. The van der Waals surface area contributed by atoms with E-state index in [1.54, 1.807) is 29.0 Å². The minimum absolute atomic E-state index is 0.0222. The van der Waals surface area contributed by atoms with Crippen LogP contribution in [0.1, 0.15) is 36.3 Å². The van der Waals surface area contributed by atoms with Crippen LogP contribution in [-0.4, -0.2) is 34.9 Å². The van der Waals surface area contributed by atoms with E-state index in [1.165, 1.54) is 10.9 Å². The topological polar surface area (TPSA) is 89.8 Å². The highest BCUT2D eigenvalue weighted by Crippen LogP contribution is 2.43. The van der Waals surface area contributed by atoms with Crippen molar-refractivity contribution in [1.29, 1.82) is 0 Å². The van der Waals surface area contributed by atoms with Gasteiger partial charge in [-0.15, -0.1) is 11.3 Å². The Hall–Kier alpha value is -2.38. The molecule has 0 fully saturated rings. The van der Waals surface area contributed by atoms with E-state index in [9.17, 15) is 14.3 Å². The standard InChI is InChI=1S/C25H33N2O5PS/c1-4-19(2)32-33(29,30)15-12-26-24-9-5-7-21(20(24)3)18-27-13-10-22(17-25(27)28)31-14-11-23-8-6-16-34-23/h5-10,13,16-17,19,26H,4,11-12,14-15,18H2,1-3H3,(H,29,30). The molecule has 0 aliphatic heterocycles. The van der Waals surface area contributed by atoms with Crippen molar-refractivity contribution in [3.05, 3.63) is 80.4 Å². The third kappa shape index (κ3) is 7.84. The molecule has 7 nitrogen and oxygen atoms in total. The Morgan fingerprint density at radius 2 is 2.06 bits per heavy atom. The fraction of sp³-hybridized carbons (Fsp3) is 0.400. The van der Waals surface area contributed by atoms with Crippen molar-refractivity contribution < 1.29 is 18.7 Å². The normalized spacial score (nSPS) is 13.9. The molecule has 2 N–H and O–H groups in total. The monoisotopic (exact) mass is 504 g/mol. The summed E-state index contributed by atoms with van der Waals surface area (Å²) in [4.78, 5) is 23.9. The summed E-state index contributed by atoms with van der Waals surface area (Å²) in [5.41, 5.74) is 2.71. The average molecular weight is 505 g/mol. The molecule has 2 atom stereocenters. The molecule has 1 aromatic carbocycles. The second-order valence-corrected chi connectivity index (χ2v) is 11.2. The first kappa shape index (κ1) is 26.2. The summed E-state index contributed by atoms with van der Waals surface area (Å²) in [6.45, 7) is 6.93. The molecule has 0 aliphatic rings. The lowest BCUT2D eigenvalue weighted by Gasteiger charge is -2.18. The van der Waals surface area contributed by atoms with Gasteiger partial charge in [0.15, 0.2) is 0 Å². The van der Waals surface area contributed by atoms with E-state index < -0.39 is 7.60 Å². The Morgan fingerprint density at radius 1 is 1.24 bits per heavy atom. The van der Waals surface area contributed by atoms with E-state index in [2.05, 4.69) is 11.4 Å². The van der Waals surface area contributed by atoms with Gasteiger partial charge in [-0.05, 0) is 55.0 Å². The highest BCUT2D eigenvalue weighted by Gasteiger charge is 2.21. The number of benzene rings is 1. The van der Waals surface area contributed by atoms with Crippen LogP contribution in [0.4, 0.5) is 5.69 Å². The third-order valence-corrected chi connectivity index (χ3v) is 8.00. The highest BCUT2D eigenvalue weighted by molar-refractivity contribution is 7.52. The van der Waals surface area contributed by atoms with Crippen LogP contribution in [0.15, 0.2) is 58.8 Å². The number of hydrogen-bond donors (Lipinski definition) is 2. The molecular weight excluding hydrogens is 471 g/mol. The molecule has 0 bridgehead atoms. The van der Waals surface area contributed by atoms with Crippen LogP contribution in [0.3, 0.4) is 0 Å². The van der Waals surface area contributed by atoms with Gasteiger partial charge < -0.3 is 24.0 Å². The minimum Gasteiger partial charge on any atom is -0.493 e. The van der Waals surface area contributed by atoms with Crippen molar-refractivity contribution in [2.24, 2.45) is 0 Å². The van der Waals surface area contributed by atoms with E-state index in [0.29, 0.717) is 31.9 Å². The molecule has 0 saturated carbocycles. The Labute approximate surface area is 204 Å². The number of pyridine rings is 1. The van der Waals surface area contributed by atoms with Crippen LogP contribution in [0.25, 0.3) is 0 Å². The van der Waals surface area contributed by atoms with Crippen molar-refractivity contribution in [2.45, 2.75) is 46.3 Å². The van der Waals surface area contributed by atoms with Crippen LogP contribution < -0.4 is 15.6 Å². The smallest absolute Gasteiger partial charge is 0.330 e. The number of anilines is 1. The quantitative estimate of drug-likeness (QED) is 0.307. The summed E-state index contributed by atoms with van der Waals surface area (Å²) in [6, 6.07) is 13.2. The predicted octanol–water partition coefficient (Wildman–Crippen LogP) is 5.30. The predicted molar refractivity (Wildman–Crippen MR) is 139 cm³/mol. The molecule has 0 amide bonds. The zero-order valence-electron chi connectivity index (χ0n) is 19.9. The molecule has 184 valence electrons. The number of rotatable bonds is 13. The van der Waals surface area contributed by atoms with Crippen LogP contribution in [0, 0.1) is 6.92 Å². The largest absolute Gasteiger partial charge is 0.493 e. The van der Waals surface area contributed by atoms with Crippen molar-refractivity contribution in [3.8, 4) is 5.75 Å². The van der Waals surface area contributed by atoms with Crippen molar-refractivity contribution in [2.75, 3.05) is 24.6 Å². The zero-order chi connectivity index (χ0) is 24.6. The molecule has 2 heterocycles. The lowest BCUT2D eigenvalue weighted by atomic mass is 10.1. The van der Waals surface area contributed by atoms with Gasteiger partial charge in [0.2, 0.25) is 0 Å². The lowest BCUT2D eigenvalue weighted by Crippen LogP contribution is -2.20. The maximum Gasteiger partial charge on any atom is 0.330 e. The maximum absolute atomic E-state index is 12.6. The van der Waals surface area contributed by atoms with Gasteiger partial charge in [0.05, 0.1) is 25.4 Å². The van der Waals surface area contributed by atoms with Gasteiger partial charge in [0.25, 0.3) is 5.56 Å². The summed E-state index contributed by atoms with van der Waals surface area (Å²) in [5.74, 6) is 0.568. The summed E-state index contributed by atoms with van der Waals surface area (Å²) >= 11 is 1.69. The van der Waals surface area contributed by atoms with Crippen molar-refractivity contribution >= 4 is 24.6 Å². The SMILES string of the molecule is CCC(C)OP(=O)(O)CCNc1cccc(Cn2ccc(OCCc3cccs3)cc2=O)c1C. The molecular formula is C25H33N2O5PS. The molecule has 2 aromatic heterocycles. The van der Waals surface area contributed by atoms with Gasteiger partial charge in [0.1, 0.15) is 5.75 Å². The molecule has 0 spiro atoms.